The van der Waals surface area contributed by atoms with Gasteiger partial charge < -0.3 is 10.5 Å². The van der Waals surface area contributed by atoms with Gasteiger partial charge in [0.2, 0.25) is 0 Å². The lowest BCUT2D eigenvalue weighted by Gasteiger charge is -2.24. The molecule has 1 aromatic carbocycles. The maximum atomic E-state index is 6.36. The highest BCUT2D eigenvalue weighted by atomic mass is 79.9. The highest BCUT2D eigenvalue weighted by Gasteiger charge is 2.30. The van der Waals surface area contributed by atoms with Gasteiger partial charge in [0.1, 0.15) is 5.75 Å². The van der Waals surface area contributed by atoms with Crippen LogP contribution in [0, 0.1) is 5.41 Å². The standard InChI is InChI=1S/C14H20BrNO/c1-14(2)7-6-9-12(17-3)5-4-10(15)13(9)11(16)8-14/h4-5,11H,6-8,16H2,1-3H3. The smallest absolute Gasteiger partial charge is 0.122 e. The quantitative estimate of drug-likeness (QED) is 0.800. The number of halogens is 1. The summed E-state index contributed by atoms with van der Waals surface area (Å²) in [6.45, 7) is 4.58. The zero-order chi connectivity index (χ0) is 12.6. The molecule has 0 fully saturated rings. The molecule has 0 radical (unpaired) electrons. The van der Waals surface area contributed by atoms with Gasteiger partial charge in [-0.2, -0.15) is 0 Å². The van der Waals surface area contributed by atoms with E-state index in [9.17, 15) is 0 Å². The summed E-state index contributed by atoms with van der Waals surface area (Å²) in [5.41, 5.74) is 9.16. The zero-order valence-electron chi connectivity index (χ0n) is 10.7. The largest absolute Gasteiger partial charge is 0.496 e. The lowest BCUT2D eigenvalue weighted by Crippen LogP contribution is -2.19. The average molecular weight is 298 g/mol. The van der Waals surface area contributed by atoms with E-state index in [0.29, 0.717) is 5.41 Å². The number of hydrogen-bond acceptors (Lipinski definition) is 2. The minimum Gasteiger partial charge on any atom is -0.496 e. The molecule has 0 saturated carbocycles. The molecule has 17 heavy (non-hydrogen) atoms. The van der Waals surface area contributed by atoms with Crippen LogP contribution in [0.5, 0.6) is 5.75 Å². The van der Waals surface area contributed by atoms with Crippen molar-refractivity contribution in [1.29, 1.82) is 0 Å². The summed E-state index contributed by atoms with van der Waals surface area (Å²) in [5.74, 6) is 0.969. The molecule has 0 heterocycles. The summed E-state index contributed by atoms with van der Waals surface area (Å²) in [5, 5.41) is 0. The molecule has 0 aromatic heterocycles. The van der Waals surface area contributed by atoms with Crippen molar-refractivity contribution in [1.82, 2.24) is 0 Å². The molecule has 1 unspecified atom stereocenters. The van der Waals surface area contributed by atoms with E-state index >= 15 is 0 Å². The monoisotopic (exact) mass is 297 g/mol. The average Bonchev–Trinajstić information content (AvgIpc) is 2.36. The van der Waals surface area contributed by atoms with E-state index in [1.165, 1.54) is 11.1 Å². The van der Waals surface area contributed by atoms with Crippen LogP contribution in [0.3, 0.4) is 0 Å². The summed E-state index contributed by atoms with van der Waals surface area (Å²) in [4.78, 5) is 0. The lowest BCUT2D eigenvalue weighted by molar-refractivity contribution is 0.293. The molecule has 1 atom stereocenters. The summed E-state index contributed by atoms with van der Waals surface area (Å²) in [6.07, 6.45) is 3.21. The molecule has 0 bridgehead atoms. The predicted molar refractivity (Wildman–Crippen MR) is 74.3 cm³/mol. The van der Waals surface area contributed by atoms with Crippen molar-refractivity contribution in [2.75, 3.05) is 7.11 Å². The molecular formula is C14H20BrNO. The molecule has 0 aliphatic heterocycles. The van der Waals surface area contributed by atoms with Crippen LogP contribution in [-0.2, 0) is 6.42 Å². The second-order valence-corrected chi connectivity index (χ2v) is 6.47. The molecule has 2 nitrogen and oxygen atoms in total. The lowest BCUT2D eigenvalue weighted by atomic mass is 9.83. The number of methoxy groups -OCH3 is 1. The molecule has 1 aliphatic rings. The predicted octanol–water partition coefficient (Wildman–Crippen LogP) is 3.82. The van der Waals surface area contributed by atoms with E-state index in [1.54, 1.807) is 7.11 Å². The van der Waals surface area contributed by atoms with Crippen LogP contribution in [0.15, 0.2) is 16.6 Å². The Morgan fingerprint density at radius 1 is 1.41 bits per heavy atom. The van der Waals surface area contributed by atoms with E-state index in [0.717, 1.165) is 29.5 Å². The van der Waals surface area contributed by atoms with Gasteiger partial charge in [-0.25, -0.2) is 0 Å². The van der Waals surface area contributed by atoms with E-state index in [2.05, 4.69) is 29.8 Å². The molecule has 2 N–H and O–H groups in total. The molecule has 1 aromatic rings. The van der Waals surface area contributed by atoms with E-state index < -0.39 is 0 Å². The Balaban J connectivity index is 2.53. The van der Waals surface area contributed by atoms with Crippen LogP contribution < -0.4 is 10.5 Å². The SMILES string of the molecule is COc1ccc(Br)c2c1CCC(C)(C)CC2N. The van der Waals surface area contributed by atoms with Crippen molar-refractivity contribution < 1.29 is 4.74 Å². The van der Waals surface area contributed by atoms with Crippen LogP contribution >= 0.6 is 15.9 Å². The molecule has 1 aliphatic carbocycles. The molecule has 0 amide bonds. The molecular weight excluding hydrogens is 278 g/mol. The van der Waals surface area contributed by atoms with Crippen LogP contribution in [0.1, 0.15) is 43.9 Å². The summed E-state index contributed by atoms with van der Waals surface area (Å²) in [7, 11) is 1.73. The first-order chi connectivity index (χ1) is 7.94. The van der Waals surface area contributed by atoms with Crippen molar-refractivity contribution in [3.63, 3.8) is 0 Å². The fourth-order valence-corrected chi connectivity index (χ4v) is 3.39. The number of hydrogen-bond donors (Lipinski definition) is 1. The normalized spacial score (nSPS) is 22.8. The van der Waals surface area contributed by atoms with Gasteiger partial charge in [-0.05, 0) is 42.4 Å². The second kappa shape index (κ2) is 4.62. The van der Waals surface area contributed by atoms with Crippen molar-refractivity contribution in [2.24, 2.45) is 11.1 Å². The van der Waals surface area contributed by atoms with Gasteiger partial charge in [0.15, 0.2) is 0 Å². The fourth-order valence-electron chi connectivity index (χ4n) is 2.73. The van der Waals surface area contributed by atoms with Crippen molar-refractivity contribution >= 4 is 15.9 Å². The number of benzene rings is 1. The number of ether oxygens (including phenoxy) is 1. The Morgan fingerprint density at radius 3 is 2.76 bits per heavy atom. The van der Waals surface area contributed by atoms with E-state index in [-0.39, 0.29) is 6.04 Å². The number of rotatable bonds is 1. The first-order valence-electron chi connectivity index (χ1n) is 6.05. The Kier molecular flexibility index (Phi) is 3.50. The van der Waals surface area contributed by atoms with Crippen molar-refractivity contribution in [3.05, 3.63) is 27.7 Å². The first-order valence-corrected chi connectivity index (χ1v) is 6.85. The second-order valence-electron chi connectivity index (χ2n) is 5.62. The highest BCUT2D eigenvalue weighted by Crippen LogP contribution is 2.43. The Morgan fingerprint density at radius 2 is 2.12 bits per heavy atom. The molecule has 94 valence electrons. The fraction of sp³-hybridized carbons (Fsp3) is 0.571. The van der Waals surface area contributed by atoms with Gasteiger partial charge in [0.25, 0.3) is 0 Å². The van der Waals surface area contributed by atoms with Crippen LogP contribution in [0.25, 0.3) is 0 Å². The molecule has 0 spiro atoms. The Hall–Kier alpha value is -0.540. The van der Waals surface area contributed by atoms with Gasteiger partial charge in [0.05, 0.1) is 7.11 Å². The van der Waals surface area contributed by atoms with Crippen LogP contribution in [0.4, 0.5) is 0 Å². The first kappa shape index (κ1) is 12.9. The van der Waals surface area contributed by atoms with Crippen molar-refractivity contribution in [2.45, 2.75) is 39.2 Å². The topological polar surface area (TPSA) is 35.2 Å². The van der Waals surface area contributed by atoms with Crippen molar-refractivity contribution in [3.8, 4) is 5.75 Å². The van der Waals surface area contributed by atoms with Gasteiger partial charge in [-0.1, -0.05) is 29.8 Å². The Bertz CT molecular complexity index is 428. The maximum Gasteiger partial charge on any atom is 0.122 e. The minimum atomic E-state index is 0.0898. The third-order valence-corrected chi connectivity index (χ3v) is 4.37. The summed E-state index contributed by atoms with van der Waals surface area (Å²) < 4.78 is 6.57. The zero-order valence-corrected chi connectivity index (χ0v) is 12.3. The van der Waals surface area contributed by atoms with Gasteiger partial charge in [0, 0.05) is 16.1 Å². The Labute approximate surface area is 112 Å². The maximum absolute atomic E-state index is 6.36. The summed E-state index contributed by atoms with van der Waals surface area (Å²) >= 11 is 3.62. The molecule has 3 heteroatoms. The highest BCUT2D eigenvalue weighted by molar-refractivity contribution is 9.10. The summed E-state index contributed by atoms with van der Waals surface area (Å²) in [6, 6.07) is 4.15. The van der Waals surface area contributed by atoms with Gasteiger partial charge in [-0.3, -0.25) is 0 Å². The minimum absolute atomic E-state index is 0.0898. The van der Waals surface area contributed by atoms with Crippen LogP contribution in [0.2, 0.25) is 0 Å². The van der Waals surface area contributed by atoms with Gasteiger partial charge in [-0.15, -0.1) is 0 Å². The van der Waals surface area contributed by atoms with Gasteiger partial charge >= 0.3 is 0 Å². The third kappa shape index (κ3) is 2.50. The number of nitrogens with two attached hydrogens (primary N) is 1. The van der Waals surface area contributed by atoms with Crippen LogP contribution in [-0.4, -0.2) is 7.11 Å². The molecule has 2 rings (SSSR count). The van der Waals surface area contributed by atoms with E-state index in [4.69, 9.17) is 10.5 Å². The number of fused-ring (bicyclic) bond motifs is 1. The molecule has 0 saturated heterocycles. The van der Waals surface area contributed by atoms with E-state index in [1.807, 2.05) is 12.1 Å². The third-order valence-electron chi connectivity index (χ3n) is 3.68.